The number of unbranched alkanes of at least 4 members (excludes halogenated alkanes) is 1. The number of carboxylic acids is 1. The lowest BCUT2D eigenvalue weighted by atomic mass is 9.72. The number of hydrogen-bond acceptors (Lipinski definition) is 7. The zero-order valence-corrected chi connectivity index (χ0v) is 22.1. The van der Waals surface area contributed by atoms with Gasteiger partial charge in [0, 0.05) is 6.08 Å². The summed E-state index contributed by atoms with van der Waals surface area (Å²) in [6.07, 6.45) is 11.7. The number of ether oxygens (including phenoxy) is 1. The van der Waals surface area contributed by atoms with Crippen LogP contribution < -0.4 is 5.11 Å². The second-order valence-electron chi connectivity index (χ2n) is 9.37. The highest BCUT2D eigenvalue weighted by molar-refractivity contribution is 5.95. The van der Waals surface area contributed by atoms with Crippen molar-refractivity contribution in [2.45, 2.75) is 92.8 Å². The average Bonchev–Trinajstić information content (AvgIpc) is 2.77. The van der Waals surface area contributed by atoms with E-state index in [1.54, 1.807) is 19.1 Å². The first-order valence-corrected chi connectivity index (χ1v) is 12.0. The van der Waals surface area contributed by atoms with Crippen LogP contribution in [0.5, 0.6) is 0 Å². The molecule has 0 radical (unpaired) electrons. The summed E-state index contributed by atoms with van der Waals surface area (Å²) in [7, 11) is 0. The molecule has 1 rings (SSSR count). The smallest absolute Gasteiger partial charge is 0.345 e. The van der Waals surface area contributed by atoms with Crippen molar-refractivity contribution in [1.29, 1.82) is 0 Å². The summed E-state index contributed by atoms with van der Waals surface area (Å²) in [6, 6.07) is 0. The van der Waals surface area contributed by atoms with E-state index in [-0.39, 0.29) is 5.41 Å². The highest BCUT2D eigenvalue weighted by atomic mass is 16.6. The number of carboxylic acid groups (broad SMARTS) is 1. The number of aliphatic hydroxyl groups excluding tert-OH is 2. The lowest BCUT2D eigenvalue weighted by Gasteiger charge is -2.32. The van der Waals surface area contributed by atoms with Crippen molar-refractivity contribution >= 4 is 17.9 Å². The van der Waals surface area contributed by atoms with Crippen molar-refractivity contribution in [2.24, 2.45) is 5.41 Å². The zero-order valence-electron chi connectivity index (χ0n) is 22.1. The first kappa shape index (κ1) is 32.2. The molecular formula is C28H41O7-. The van der Waals surface area contributed by atoms with E-state index in [4.69, 9.17) is 5.11 Å². The van der Waals surface area contributed by atoms with E-state index in [0.29, 0.717) is 5.57 Å². The number of hydrogen-bond donors (Lipinski definition) is 2. The van der Waals surface area contributed by atoms with Gasteiger partial charge >= 0.3 is 11.9 Å². The van der Waals surface area contributed by atoms with Gasteiger partial charge in [-0.1, -0.05) is 82.1 Å². The molecule has 196 valence electrons. The van der Waals surface area contributed by atoms with Crippen LogP contribution in [-0.2, 0) is 19.1 Å². The number of carbonyl (C=O) groups excluding carboxylic acids is 3. The van der Waals surface area contributed by atoms with E-state index in [1.807, 2.05) is 19.1 Å². The van der Waals surface area contributed by atoms with Gasteiger partial charge in [0.15, 0.2) is 6.10 Å². The Morgan fingerprint density at radius 3 is 2.17 bits per heavy atom. The normalized spacial score (nSPS) is 18.2. The predicted octanol–water partition coefficient (Wildman–Crippen LogP) is 3.87. The monoisotopic (exact) mass is 489 g/mol. The molecule has 0 heterocycles. The van der Waals surface area contributed by atoms with Crippen LogP contribution in [-0.4, -0.2) is 40.3 Å². The molecule has 0 aliphatic heterocycles. The van der Waals surface area contributed by atoms with E-state index >= 15 is 0 Å². The van der Waals surface area contributed by atoms with E-state index in [0.717, 1.165) is 18.1 Å². The lowest BCUT2D eigenvalue weighted by Crippen LogP contribution is -2.47. The molecule has 7 heteroatoms. The van der Waals surface area contributed by atoms with Gasteiger partial charge in [0.05, 0.1) is 5.97 Å². The fourth-order valence-electron chi connectivity index (χ4n) is 3.31. The summed E-state index contributed by atoms with van der Waals surface area (Å²) in [5, 5.41) is 28.7. The second-order valence-corrected chi connectivity index (χ2v) is 9.37. The summed E-state index contributed by atoms with van der Waals surface area (Å²) < 4.78 is 4.30. The van der Waals surface area contributed by atoms with Crippen molar-refractivity contribution < 1.29 is 34.4 Å². The average molecular weight is 490 g/mol. The third-order valence-electron chi connectivity index (χ3n) is 5.60. The number of allylic oxidation sites excluding steroid dienone is 9. The van der Waals surface area contributed by atoms with Crippen molar-refractivity contribution in [3.8, 4) is 0 Å². The number of rotatable bonds is 9. The highest BCUT2D eigenvalue weighted by Crippen LogP contribution is 2.40. The first-order valence-electron chi connectivity index (χ1n) is 12.0. The molecule has 0 amide bonds. The van der Waals surface area contributed by atoms with Gasteiger partial charge in [-0.3, -0.25) is 0 Å². The third kappa shape index (κ3) is 12.5. The fourth-order valence-corrected chi connectivity index (χ4v) is 3.31. The summed E-state index contributed by atoms with van der Waals surface area (Å²) in [4.78, 5) is 33.5. The van der Waals surface area contributed by atoms with Gasteiger partial charge in [0.1, 0.15) is 6.10 Å². The van der Waals surface area contributed by atoms with Crippen molar-refractivity contribution in [1.82, 2.24) is 0 Å². The van der Waals surface area contributed by atoms with Gasteiger partial charge in [-0.15, -0.1) is 0 Å². The molecular weight excluding hydrogens is 448 g/mol. The Labute approximate surface area is 209 Å². The Morgan fingerprint density at radius 2 is 1.66 bits per heavy atom. The number of esters is 2. The maximum Gasteiger partial charge on any atom is 0.345 e. The second kappa shape index (κ2) is 16.0. The molecule has 2 N–H and O–H groups in total. The van der Waals surface area contributed by atoms with Crippen LogP contribution in [0.4, 0.5) is 0 Å². The Kier molecular flexibility index (Phi) is 14.7. The minimum atomic E-state index is -2.48. The minimum absolute atomic E-state index is 0.163. The number of aliphatic hydroxyl groups is 2. The molecule has 0 fully saturated rings. The zero-order chi connectivity index (χ0) is 27.2. The van der Waals surface area contributed by atoms with Crippen molar-refractivity contribution in [3.05, 3.63) is 58.7 Å². The minimum Gasteiger partial charge on any atom is -0.547 e. The van der Waals surface area contributed by atoms with Crippen LogP contribution in [0, 0.1) is 5.41 Å². The van der Waals surface area contributed by atoms with Crippen molar-refractivity contribution in [2.75, 3.05) is 0 Å². The Balaban J connectivity index is 0.00000267. The van der Waals surface area contributed by atoms with Gasteiger partial charge in [-0.05, 0) is 56.6 Å². The van der Waals surface area contributed by atoms with Crippen LogP contribution in [0.25, 0.3) is 0 Å². The largest absolute Gasteiger partial charge is 0.547 e. The Morgan fingerprint density at radius 1 is 1.06 bits per heavy atom. The maximum absolute atomic E-state index is 11.7. The van der Waals surface area contributed by atoms with Gasteiger partial charge < -0.3 is 24.9 Å². The summed E-state index contributed by atoms with van der Waals surface area (Å²) in [5.41, 5.74) is 4.43. The SMILES string of the molecule is CC1=C(/C=C/C(C)=C/C=C/C(C)=C/C(=O)OC(=O)C(O)C(O)C(=O)[O-])C(C)(C)CCC1.CCCC. The highest BCUT2D eigenvalue weighted by Gasteiger charge is 2.28. The predicted molar refractivity (Wildman–Crippen MR) is 135 cm³/mol. The molecule has 35 heavy (non-hydrogen) atoms. The van der Waals surface area contributed by atoms with Gasteiger partial charge in [0.2, 0.25) is 0 Å². The summed E-state index contributed by atoms with van der Waals surface area (Å²) in [5.74, 6) is -4.73. The molecule has 0 saturated heterocycles. The van der Waals surface area contributed by atoms with Crippen LogP contribution in [0.2, 0.25) is 0 Å². The van der Waals surface area contributed by atoms with Crippen LogP contribution in [0.3, 0.4) is 0 Å². The van der Waals surface area contributed by atoms with Crippen molar-refractivity contribution in [3.63, 3.8) is 0 Å². The Hall–Kier alpha value is -2.77. The quantitative estimate of drug-likeness (QED) is 0.218. The maximum atomic E-state index is 11.7. The van der Waals surface area contributed by atoms with Gasteiger partial charge in [0.25, 0.3) is 0 Å². The molecule has 0 aromatic rings. The van der Waals surface area contributed by atoms with E-state index in [2.05, 4.69) is 45.4 Å². The number of carbonyl (C=O) groups is 3. The summed E-state index contributed by atoms with van der Waals surface area (Å²) in [6.45, 7) is 14.6. The molecule has 0 aromatic heterocycles. The molecule has 0 aromatic carbocycles. The molecule has 0 spiro atoms. The Bertz CT molecular complexity index is 883. The van der Waals surface area contributed by atoms with Crippen LogP contribution in [0.1, 0.15) is 80.6 Å². The van der Waals surface area contributed by atoms with E-state index in [9.17, 15) is 24.6 Å². The van der Waals surface area contributed by atoms with E-state index in [1.165, 1.54) is 36.8 Å². The molecule has 7 nitrogen and oxygen atoms in total. The number of aliphatic carboxylic acids is 1. The van der Waals surface area contributed by atoms with Gasteiger partial charge in [-0.25, -0.2) is 9.59 Å². The molecule has 1 aliphatic carbocycles. The molecule has 2 atom stereocenters. The standard InChI is InChI=1S/C24H32O7.C4H10/c1-15(11-12-18-17(3)10-7-13-24(18,4)5)8-6-9-16(2)14-19(25)31-23(30)21(27)20(26)22(28)29;1-3-4-2/h6,8-9,11-12,14,20-21,26-27H,7,10,13H2,1-5H3,(H,28,29);3-4H2,1-2H3/p-1/b9-6+,12-11+,15-8+,16-14+;. The topological polar surface area (TPSA) is 124 Å². The van der Waals surface area contributed by atoms with E-state index < -0.39 is 30.1 Å². The first-order chi connectivity index (χ1) is 16.3. The lowest BCUT2D eigenvalue weighted by molar-refractivity contribution is -0.318. The third-order valence-corrected chi connectivity index (χ3v) is 5.60. The molecule has 2 unspecified atom stereocenters. The molecule has 0 bridgehead atoms. The van der Waals surface area contributed by atoms with Gasteiger partial charge in [-0.2, -0.15) is 0 Å². The summed E-state index contributed by atoms with van der Waals surface area (Å²) >= 11 is 0. The fraction of sp³-hybridized carbons (Fsp3) is 0.536. The van der Waals surface area contributed by atoms with Crippen LogP contribution >= 0.6 is 0 Å². The molecule has 1 aliphatic rings. The molecule has 0 saturated carbocycles. The van der Waals surface area contributed by atoms with Crippen LogP contribution in [0.15, 0.2) is 58.7 Å².